The zero-order valence-corrected chi connectivity index (χ0v) is 13.9. The van der Waals surface area contributed by atoms with Crippen molar-refractivity contribution in [2.45, 2.75) is 12.5 Å². The number of hydrogen-bond donors (Lipinski definition) is 0. The number of benzene rings is 1. The maximum atomic E-state index is 12.7. The van der Waals surface area contributed by atoms with Crippen molar-refractivity contribution in [1.82, 2.24) is 9.80 Å². The Bertz CT molecular complexity index is 580. The summed E-state index contributed by atoms with van der Waals surface area (Å²) in [5, 5.41) is 0. The van der Waals surface area contributed by atoms with Crippen LogP contribution in [0.4, 0.5) is 0 Å². The molecule has 1 aromatic carbocycles. The molecule has 3 heterocycles. The summed E-state index contributed by atoms with van der Waals surface area (Å²) in [5.41, 5.74) is 0. The lowest BCUT2D eigenvalue weighted by Gasteiger charge is -2.37. The number of piperazine rings is 1. The van der Waals surface area contributed by atoms with Crippen molar-refractivity contribution in [3.63, 3.8) is 0 Å². The van der Waals surface area contributed by atoms with Crippen LogP contribution in [0.5, 0.6) is 11.5 Å². The van der Waals surface area contributed by atoms with Gasteiger partial charge in [0.15, 0.2) is 11.5 Å². The third-order valence-electron chi connectivity index (χ3n) is 5.01. The number of rotatable bonds is 3. The second kappa shape index (κ2) is 6.99. The Kier molecular flexibility index (Phi) is 4.58. The molecule has 0 N–H and O–H groups in total. The van der Waals surface area contributed by atoms with Gasteiger partial charge in [0.2, 0.25) is 6.10 Å². The molecule has 0 unspecified atom stereocenters. The summed E-state index contributed by atoms with van der Waals surface area (Å²) in [4.78, 5) is 17.0. The predicted octanol–water partition coefficient (Wildman–Crippen LogP) is 1.01. The Balaban J connectivity index is 1.29. The summed E-state index contributed by atoms with van der Waals surface area (Å²) in [5.74, 6) is 2.05. The quantitative estimate of drug-likeness (QED) is 0.827. The molecule has 0 radical (unpaired) electrons. The van der Waals surface area contributed by atoms with Gasteiger partial charge in [0.05, 0.1) is 6.61 Å². The smallest absolute Gasteiger partial charge is 0.267 e. The zero-order chi connectivity index (χ0) is 16.4. The van der Waals surface area contributed by atoms with Gasteiger partial charge >= 0.3 is 0 Å². The topological polar surface area (TPSA) is 51.2 Å². The molecule has 2 atom stereocenters. The molecule has 0 saturated carbocycles. The third-order valence-corrected chi connectivity index (χ3v) is 5.01. The maximum Gasteiger partial charge on any atom is 0.267 e. The van der Waals surface area contributed by atoms with Crippen LogP contribution in [-0.2, 0) is 9.53 Å². The number of ether oxygens (including phenoxy) is 3. The molecule has 2 fully saturated rings. The summed E-state index contributed by atoms with van der Waals surface area (Å²) in [6.07, 6.45) is 0.626. The molecule has 1 aromatic rings. The number of nitrogens with zero attached hydrogens (tertiary/aromatic N) is 2. The number of carbonyl (C=O) groups is 1. The highest BCUT2D eigenvalue weighted by molar-refractivity contribution is 5.82. The van der Waals surface area contributed by atoms with E-state index >= 15 is 0 Å². The van der Waals surface area contributed by atoms with Crippen LogP contribution in [0.3, 0.4) is 0 Å². The number of amides is 1. The van der Waals surface area contributed by atoms with Crippen LogP contribution in [0.2, 0.25) is 0 Å². The molecule has 0 aromatic heterocycles. The van der Waals surface area contributed by atoms with Gasteiger partial charge in [0, 0.05) is 39.3 Å². The lowest BCUT2D eigenvalue weighted by Crippen LogP contribution is -2.54. The fraction of sp³-hybridized carbons (Fsp3) is 0.611. The van der Waals surface area contributed by atoms with Crippen LogP contribution in [-0.4, -0.2) is 74.4 Å². The lowest BCUT2D eigenvalue weighted by molar-refractivity contribution is -0.143. The number of para-hydroxylation sites is 2. The Hall–Kier alpha value is -1.79. The van der Waals surface area contributed by atoms with Crippen LogP contribution in [0.15, 0.2) is 24.3 Å². The molecule has 0 aliphatic carbocycles. The van der Waals surface area contributed by atoms with Gasteiger partial charge in [0.25, 0.3) is 5.91 Å². The highest BCUT2D eigenvalue weighted by atomic mass is 16.6. The van der Waals surface area contributed by atoms with E-state index in [-0.39, 0.29) is 12.5 Å². The van der Waals surface area contributed by atoms with E-state index in [1.54, 1.807) is 0 Å². The van der Waals surface area contributed by atoms with E-state index in [1.807, 2.05) is 29.2 Å². The first-order chi connectivity index (χ1) is 11.8. The first kappa shape index (κ1) is 15.7. The van der Waals surface area contributed by atoms with Crippen LogP contribution in [0.25, 0.3) is 0 Å². The average Bonchev–Trinajstić information content (AvgIpc) is 3.14. The molecule has 6 nitrogen and oxygen atoms in total. The number of carbonyl (C=O) groups excluding carboxylic acids is 1. The van der Waals surface area contributed by atoms with Crippen LogP contribution < -0.4 is 9.47 Å². The molecule has 0 bridgehead atoms. The minimum Gasteiger partial charge on any atom is -0.485 e. The SMILES string of the molecule is O=C([C@@H]1COc2ccccc2O1)N1CCN(C[C@@H]2CCOC2)CC1. The maximum absolute atomic E-state index is 12.7. The average molecular weight is 332 g/mol. The van der Waals surface area contributed by atoms with Gasteiger partial charge in [-0.3, -0.25) is 9.69 Å². The molecule has 3 aliphatic heterocycles. The van der Waals surface area contributed by atoms with E-state index in [4.69, 9.17) is 14.2 Å². The van der Waals surface area contributed by atoms with Gasteiger partial charge in [-0.05, 0) is 24.5 Å². The van der Waals surface area contributed by atoms with E-state index in [1.165, 1.54) is 0 Å². The van der Waals surface area contributed by atoms with Crippen molar-refractivity contribution in [2.24, 2.45) is 5.92 Å². The second-order valence-electron chi connectivity index (χ2n) is 6.72. The van der Waals surface area contributed by atoms with Crippen molar-refractivity contribution in [2.75, 3.05) is 52.5 Å². The molecule has 0 spiro atoms. The molecule has 3 aliphatic rings. The molecule has 24 heavy (non-hydrogen) atoms. The van der Waals surface area contributed by atoms with Gasteiger partial charge in [-0.2, -0.15) is 0 Å². The Morgan fingerprint density at radius 2 is 1.88 bits per heavy atom. The van der Waals surface area contributed by atoms with Gasteiger partial charge < -0.3 is 19.1 Å². The summed E-state index contributed by atoms with van der Waals surface area (Å²) in [7, 11) is 0. The minimum absolute atomic E-state index is 0.0355. The normalized spacial score (nSPS) is 27.2. The number of fused-ring (bicyclic) bond motifs is 1. The van der Waals surface area contributed by atoms with Crippen molar-refractivity contribution >= 4 is 5.91 Å². The van der Waals surface area contributed by atoms with Gasteiger partial charge in [-0.1, -0.05) is 12.1 Å². The van der Waals surface area contributed by atoms with Crippen molar-refractivity contribution in [1.29, 1.82) is 0 Å². The summed E-state index contributed by atoms with van der Waals surface area (Å²) < 4.78 is 16.9. The van der Waals surface area contributed by atoms with E-state index in [9.17, 15) is 4.79 Å². The lowest BCUT2D eigenvalue weighted by atomic mass is 10.1. The van der Waals surface area contributed by atoms with Crippen molar-refractivity contribution in [3.8, 4) is 11.5 Å². The van der Waals surface area contributed by atoms with Crippen molar-refractivity contribution in [3.05, 3.63) is 24.3 Å². The van der Waals surface area contributed by atoms with Gasteiger partial charge in [0.1, 0.15) is 6.61 Å². The summed E-state index contributed by atoms with van der Waals surface area (Å²) >= 11 is 0. The standard InChI is InChI=1S/C18H24N2O4/c21-18(17-13-23-15-3-1-2-4-16(15)24-17)20-8-6-19(7-9-20)11-14-5-10-22-12-14/h1-4,14,17H,5-13H2/t14-,17-/m0/s1. The molecule has 2 saturated heterocycles. The Labute approximate surface area is 142 Å². The largest absolute Gasteiger partial charge is 0.485 e. The van der Waals surface area contributed by atoms with E-state index in [0.717, 1.165) is 52.4 Å². The second-order valence-corrected chi connectivity index (χ2v) is 6.72. The fourth-order valence-corrected chi connectivity index (χ4v) is 3.59. The first-order valence-electron chi connectivity index (χ1n) is 8.77. The van der Waals surface area contributed by atoms with Gasteiger partial charge in [-0.25, -0.2) is 0 Å². The fourth-order valence-electron chi connectivity index (χ4n) is 3.59. The van der Waals surface area contributed by atoms with Crippen molar-refractivity contribution < 1.29 is 19.0 Å². The highest BCUT2D eigenvalue weighted by Crippen LogP contribution is 2.31. The molecular weight excluding hydrogens is 308 g/mol. The molecule has 130 valence electrons. The molecular formula is C18H24N2O4. The van der Waals surface area contributed by atoms with E-state index in [0.29, 0.717) is 17.4 Å². The van der Waals surface area contributed by atoms with E-state index < -0.39 is 6.10 Å². The summed E-state index contributed by atoms with van der Waals surface area (Å²) in [6, 6.07) is 7.50. The monoisotopic (exact) mass is 332 g/mol. The Morgan fingerprint density at radius 3 is 2.62 bits per heavy atom. The highest BCUT2D eigenvalue weighted by Gasteiger charge is 2.33. The minimum atomic E-state index is -0.533. The Morgan fingerprint density at radius 1 is 1.08 bits per heavy atom. The third kappa shape index (κ3) is 3.35. The molecule has 1 amide bonds. The van der Waals surface area contributed by atoms with Gasteiger partial charge in [-0.15, -0.1) is 0 Å². The number of hydrogen-bond acceptors (Lipinski definition) is 5. The van der Waals surface area contributed by atoms with Crippen LogP contribution in [0, 0.1) is 5.92 Å². The molecule has 4 rings (SSSR count). The first-order valence-corrected chi connectivity index (χ1v) is 8.77. The predicted molar refractivity (Wildman–Crippen MR) is 88.3 cm³/mol. The molecule has 6 heteroatoms. The van der Waals surface area contributed by atoms with Crippen LogP contribution in [0.1, 0.15) is 6.42 Å². The van der Waals surface area contributed by atoms with E-state index in [2.05, 4.69) is 4.90 Å². The van der Waals surface area contributed by atoms with Crippen LogP contribution >= 0.6 is 0 Å². The summed E-state index contributed by atoms with van der Waals surface area (Å²) in [6.45, 7) is 6.50. The zero-order valence-electron chi connectivity index (χ0n) is 13.9.